The quantitative estimate of drug-likeness (QED) is 0.377. The molecule has 0 fully saturated rings. The van der Waals surface area contributed by atoms with Gasteiger partial charge in [-0.3, -0.25) is 0 Å². The monoisotopic (exact) mass is 312 g/mol. The van der Waals surface area contributed by atoms with Gasteiger partial charge in [-0.25, -0.2) is 4.98 Å². The predicted molar refractivity (Wildman–Crippen MR) is 103 cm³/mol. The SMILES string of the molecule is CC(C)c1ccc2c(c1)c(-c1ccccc1)nc1cc(N)ccc12. The first-order valence-electron chi connectivity index (χ1n) is 8.32. The highest BCUT2D eigenvalue weighted by Crippen LogP contribution is 2.34. The maximum absolute atomic E-state index is 5.98. The van der Waals surface area contributed by atoms with Gasteiger partial charge in [0.2, 0.25) is 0 Å². The number of benzene rings is 3. The number of rotatable bonds is 2. The van der Waals surface area contributed by atoms with E-state index in [2.05, 4.69) is 62.4 Å². The summed E-state index contributed by atoms with van der Waals surface area (Å²) in [7, 11) is 0. The summed E-state index contributed by atoms with van der Waals surface area (Å²) < 4.78 is 0. The Morgan fingerprint density at radius 1 is 0.792 bits per heavy atom. The molecule has 0 aliphatic heterocycles. The standard InChI is InChI=1S/C22H20N2/c1-14(2)16-8-10-18-19-11-9-17(23)13-21(19)24-22(20(18)12-16)15-6-4-3-5-7-15/h3-14H,23H2,1-2H3. The molecule has 4 aromatic rings. The molecule has 0 unspecified atom stereocenters. The summed E-state index contributed by atoms with van der Waals surface area (Å²) in [6.07, 6.45) is 0. The molecule has 3 aromatic carbocycles. The minimum absolute atomic E-state index is 0.486. The Balaban J connectivity index is 2.15. The molecular formula is C22H20N2. The van der Waals surface area contributed by atoms with Gasteiger partial charge >= 0.3 is 0 Å². The zero-order valence-corrected chi connectivity index (χ0v) is 14.0. The molecule has 0 bridgehead atoms. The van der Waals surface area contributed by atoms with Gasteiger partial charge in [-0.15, -0.1) is 0 Å². The van der Waals surface area contributed by atoms with Crippen LogP contribution in [0.3, 0.4) is 0 Å². The first-order valence-corrected chi connectivity index (χ1v) is 8.32. The van der Waals surface area contributed by atoms with Crippen molar-refractivity contribution in [1.82, 2.24) is 4.98 Å². The summed E-state index contributed by atoms with van der Waals surface area (Å²) in [5.74, 6) is 0.486. The number of hydrogen-bond acceptors (Lipinski definition) is 2. The lowest BCUT2D eigenvalue weighted by Crippen LogP contribution is -1.94. The molecule has 1 heterocycles. The van der Waals surface area contributed by atoms with Gasteiger partial charge in [0.1, 0.15) is 0 Å². The molecule has 0 atom stereocenters. The second-order valence-electron chi connectivity index (χ2n) is 6.56. The molecule has 0 radical (unpaired) electrons. The van der Waals surface area contributed by atoms with Crippen molar-refractivity contribution in [3.8, 4) is 11.3 Å². The maximum atomic E-state index is 5.98. The molecule has 1 aromatic heterocycles. The zero-order chi connectivity index (χ0) is 16.7. The van der Waals surface area contributed by atoms with Crippen molar-refractivity contribution in [2.24, 2.45) is 0 Å². The van der Waals surface area contributed by atoms with Gasteiger partial charge in [-0.2, -0.15) is 0 Å². The Hall–Kier alpha value is -2.87. The van der Waals surface area contributed by atoms with E-state index in [0.717, 1.165) is 27.8 Å². The van der Waals surface area contributed by atoms with E-state index in [4.69, 9.17) is 10.7 Å². The second-order valence-corrected chi connectivity index (χ2v) is 6.56. The summed E-state index contributed by atoms with van der Waals surface area (Å²) >= 11 is 0. The fourth-order valence-electron chi connectivity index (χ4n) is 3.22. The van der Waals surface area contributed by atoms with E-state index in [1.165, 1.54) is 16.3 Å². The Morgan fingerprint density at radius 2 is 1.54 bits per heavy atom. The Kier molecular flexibility index (Phi) is 3.46. The van der Waals surface area contributed by atoms with E-state index >= 15 is 0 Å². The van der Waals surface area contributed by atoms with Crippen LogP contribution >= 0.6 is 0 Å². The number of nitrogen functional groups attached to an aromatic ring is 1. The molecule has 0 saturated carbocycles. The summed E-state index contributed by atoms with van der Waals surface area (Å²) in [5, 5.41) is 3.57. The highest BCUT2D eigenvalue weighted by atomic mass is 14.7. The topological polar surface area (TPSA) is 38.9 Å². The summed E-state index contributed by atoms with van der Waals surface area (Å²) in [6.45, 7) is 4.44. The van der Waals surface area contributed by atoms with Gasteiger partial charge in [0.05, 0.1) is 11.2 Å². The molecule has 2 heteroatoms. The van der Waals surface area contributed by atoms with E-state index < -0.39 is 0 Å². The van der Waals surface area contributed by atoms with E-state index in [-0.39, 0.29) is 0 Å². The lowest BCUT2D eigenvalue weighted by molar-refractivity contribution is 0.869. The zero-order valence-electron chi connectivity index (χ0n) is 14.0. The number of nitrogens with two attached hydrogens (primary N) is 1. The van der Waals surface area contributed by atoms with E-state index in [0.29, 0.717) is 5.92 Å². The second kappa shape index (κ2) is 5.64. The highest BCUT2D eigenvalue weighted by Gasteiger charge is 2.12. The van der Waals surface area contributed by atoms with Gasteiger partial charge in [0, 0.05) is 22.0 Å². The molecule has 0 amide bonds. The highest BCUT2D eigenvalue weighted by molar-refractivity contribution is 6.11. The Labute approximate surface area is 142 Å². The van der Waals surface area contributed by atoms with Crippen LogP contribution in [0.2, 0.25) is 0 Å². The smallest absolute Gasteiger partial charge is 0.0788 e. The Bertz CT molecular complexity index is 1030. The number of nitrogens with zero attached hydrogens (tertiary/aromatic N) is 1. The fraction of sp³-hybridized carbons (Fsp3) is 0.136. The van der Waals surface area contributed by atoms with Gasteiger partial charge in [-0.05, 0) is 35.1 Å². The molecule has 4 rings (SSSR count). The van der Waals surface area contributed by atoms with Crippen LogP contribution < -0.4 is 5.73 Å². The third-order valence-corrected chi connectivity index (χ3v) is 4.56. The lowest BCUT2D eigenvalue weighted by Gasteiger charge is -2.13. The third-order valence-electron chi connectivity index (χ3n) is 4.56. The summed E-state index contributed by atoms with van der Waals surface area (Å²) in [6, 6.07) is 23.1. The Morgan fingerprint density at radius 3 is 2.29 bits per heavy atom. The number of aromatic nitrogens is 1. The van der Waals surface area contributed by atoms with Gasteiger partial charge in [-0.1, -0.05) is 62.4 Å². The van der Waals surface area contributed by atoms with E-state index in [1.54, 1.807) is 0 Å². The normalized spacial score (nSPS) is 11.5. The molecule has 2 N–H and O–H groups in total. The number of anilines is 1. The van der Waals surface area contributed by atoms with Crippen LogP contribution in [-0.4, -0.2) is 4.98 Å². The van der Waals surface area contributed by atoms with Gasteiger partial charge < -0.3 is 5.73 Å². The first kappa shape index (κ1) is 14.7. The minimum atomic E-state index is 0.486. The molecule has 2 nitrogen and oxygen atoms in total. The van der Waals surface area contributed by atoms with Crippen LogP contribution in [0.5, 0.6) is 0 Å². The number of fused-ring (bicyclic) bond motifs is 3. The molecule has 24 heavy (non-hydrogen) atoms. The maximum Gasteiger partial charge on any atom is 0.0788 e. The number of pyridine rings is 1. The van der Waals surface area contributed by atoms with E-state index in [1.807, 2.05) is 18.2 Å². The van der Waals surface area contributed by atoms with E-state index in [9.17, 15) is 0 Å². The van der Waals surface area contributed by atoms with Crippen LogP contribution in [0.15, 0.2) is 66.7 Å². The van der Waals surface area contributed by atoms with Crippen molar-refractivity contribution in [3.63, 3.8) is 0 Å². The van der Waals surface area contributed by atoms with Crippen molar-refractivity contribution >= 4 is 27.4 Å². The average molecular weight is 312 g/mol. The van der Waals surface area contributed by atoms with Crippen LogP contribution in [0.4, 0.5) is 5.69 Å². The van der Waals surface area contributed by atoms with Crippen LogP contribution in [0, 0.1) is 0 Å². The molecule has 0 aliphatic rings. The van der Waals surface area contributed by atoms with Crippen molar-refractivity contribution < 1.29 is 0 Å². The summed E-state index contributed by atoms with van der Waals surface area (Å²) in [5.41, 5.74) is 11.1. The molecule has 0 spiro atoms. The lowest BCUT2D eigenvalue weighted by atomic mass is 9.94. The molecule has 118 valence electrons. The average Bonchev–Trinajstić information content (AvgIpc) is 2.61. The third kappa shape index (κ3) is 2.41. The van der Waals surface area contributed by atoms with Crippen LogP contribution in [-0.2, 0) is 0 Å². The molecule has 0 saturated heterocycles. The van der Waals surface area contributed by atoms with Crippen molar-refractivity contribution in [1.29, 1.82) is 0 Å². The summed E-state index contributed by atoms with van der Waals surface area (Å²) in [4.78, 5) is 4.95. The van der Waals surface area contributed by atoms with Crippen LogP contribution in [0.25, 0.3) is 32.9 Å². The van der Waals surface area contributed by atoms with Gasteiger partial charge in [0.25, 0.3) is 0 Å². The molecular weight excluding hydrogens is 292 g/mol. The predicted octanol–water partition coefficient (Wildman–Crippen LogP) is 5.76. The fourth-order valence-corrected chi connectivity index (χ4v) is 3.22. The minimum Gasteiger partial charge on any atom is -0.399 e. The van der Waals surface area contributed by atoms with Crippen molar-refractivity contribution in [2.45, 2.75) is 19.8 Å². The molecule has 0 aliphatic carbocycles. The van der Waals surface area contributed by atoms with Crippen molar-refractivity contribution in [2.75, 3.05) is 5.73 Å². The van der Waals surface area contributed by atoms with Crippen LogP contribution in [0.1, 0.15) is 25.3 Å². The largest absolute Gasteiger partial charge is 0.399 e. The van der Waals surface area contributed by atoms with Crippen molar-refractivity contribution in [3.05, 3.63) is 72.3 Å². The number of hydrogen-bond donors (Lipinski definition) is 1. The first-order chi connectivity index (χ1) is 11.6. The van der Waals surface area contributed by atoms with Gasteiger partial charge in [0.15, 0.2) is 0 Å².